The van der Waals surface area contributed by atoms with E-state index in [0.717, 1.165) is 30.7 Å². The van der Waals surface area contributed by atoms with E-state index in [9.17, 15) is 28.4 Å². The number of benzene rings is 1. The zero-order valence-corrected chi connectivity index (χ0v) is 22.4. The topological polar surface area (TPSA) is 154 Å². The highest BCUT2D eigenvalue weighted by molar-refractivity contribution is 7.92. The fourth-order valence-electron chi connectivity index (χ4n) is 4.06. The van der Waals surface area contributed by atoms with Gasteiger partial charge in [0.2, 0.25) is 10.0 Å². The van der Waals surface area contributed by atoms with Gasteiger partial charge in [0.15, 0.2) is 5.57 Å². The average molecular weight is 550 g/mol. The number of aliphatic hydroxyl groups excluding tert-OH is 1. The minimum Gasteiger partial charge on any atom is -0.462 e. The number of aromatic nitrogens is 1. The Morgan fingerprint density at radius 3 is 2.78 bits per heavy atom. The standard InChI is InChI=1S/C24H31N5O6S2/c1-3-29-22(31)21(36-23(29)20(14-25)24(32)35-4-2)15-26-17-7-5-8-18(13-17)27-37(33,34)12-11-28-10-6-9-19(28)16-30/h5,7-8,13,15,19,26-27,30H,3-4,6,9-12,16H2,1-2H3/b21-15+,23-20-/t19-/m0/s1. The lowest BCUT2D eigenvalue weighted by Gasteiger charge is -2.22. The quantitative estimate of drug-likeness (QED) is 0.334. The zero-order valence-electron chi connectivity index (χ0n) is 20.8. The number of nitrogens with zero attached hydrogens (tertiary/aromatic N) is 3. The van der Waals surface area contributed by atoms with E-state index in [4.69, 9.17) is 4.74 Å². The first-order valence-corrected chi connectivity index (χ1v) is 14.4. The van der Waals surface area contributed by atoms with Gasteiger partial charge in [0, 0.05) is 31.0 Å². The van der Waals surface area contributed by atoms with Gasteiger partial charge in [-0.2, -0.15) is 5.26 Å². The Hall–Kier alpha value is -3.18. The normalized spacial score (nSPS) is 17.4. The monoisotopic (exact) mass is 549 g/mol. The number of hydrogen-bond acceptors (Lipinski definition) is 10. The molecule has 13 heteroatoms. The Kier molecular flexibility index (Phi) is 9.87. The van der Waals surface area contributed by atoms with Crippen molar-refractivity contribution >= 4 is 50.5 Å². The number of anilines is 2. The third kappa shape index (κ3) is 7.20. The van der Waals surface area contributed by atoms with Gasteiger partial charge in [-0.3, -0.25) is 19.0 Å². The third-order valence-corrected chi connectivity index (χ3v) is 8.29. The van der Waals surface area contributed by atoms with Crippen molar-refractivity contribution in [2.45, 2.75) is 39.3 Å². The van der Waals surface area contributed by atoms with Crippen LogP contribution in [0.15, 0.2) is 29.1 Å². The van der Waals surface area contributed by atoms with Crippen molar-refractivity contribution in [2.24, 2.45) is 0 Å². The van der Waals surface area contributed by atoms with Crippen LogP contribution in [0.2, 0.25) is 0 Å². The number of ether oxygens (including phenoxy) is 1. The molecule has 200 valence electrons. The van der Waals surface area contributed by atoms with Crippen molar-refractivity contribution in [2.75, 3.05) is 42.1 Å². The van der Waals surface area contributed by atoms with Crippen molar-refractivity contribution in [3.8, 4) is 6.07 Å². The first-order valence-electron chi connectivity index (χ1n) is 12.0. The molecule has 0 aliphatic carbocycles. The van der Waals surface area contributed by atoms with Crippen LogP contribution in [-0.4, -0.2) is 67.1 Å². The second kappa shape index (κ2) is 12.9. The molecule has 0 saturated carbocycles. The molecule has 37 heavy (non-hydrogen) atoms. The number of nitrogens with one attached hydrogen (secondary N) is 2. The predicted octanol–water partition coefficient (Wildman–Crippen LogP) is 0.216. The summed E-state index contributed by atoms with van der Waals surface area (Å²) in [5, 5.41) is 21.9. The zero-order chi connectivity index (χ0) is 27.0. The number of likely N-dealkylation sites (tertiary alicyclic amines) is 1. The van der Waals surface area contributed by atoms with E-state index in [2.05, 4.69) is 10.0 Å². The summed E-state index contributed by atoms with van der Waals surface area (Å²) in [5.41, 5.74) is 0.291. The van der Waals surface area contributed by atoms with Gasteiger partial charge in [0.1, 0.15) is 15.3 Å². The highest BCUT2D eigenvalue weighted by Gasteiger charge is 2.25. The van der Waals surface area contributed by atoms with E-state index in [1.807, 2.05) is 11.0 Å². The lowest BCUT2D eigenvalue weighted by molar-refractivity contribution is -0.136. The molecule has 1 fully saturated rings. The maximum absolute atomic E-state index is 12.8. The molecule has 1 aromatic carbocycles. The summed E-state index contributed by atoms with van der Waals surface area (Å²) in [7, 11) is -3.62. The summed E-state index contributed by atoms with van der Waals surface area (Å²) in [6.07, 6.45) is 3.26. The summed E-state index contributed by atoms with van der Waals surface area (Å²) in [5.74, 6) is -0.885. The number of rotatable bonds is 11. The Labute approximate surface area is 219 Å². The molecular weight excluding hydrogens is 518 g/mol. The molecule has 0 spiro atoms. The number of sulfonamides is 1. The summed E-state index contributed by atoms with van der Waals surface area (Å²) in [4.78, 5) is 27.0. The Morgan fingerprint density at radius 1 is 1.35 bits per heavy atom. The first-order chi connectivity index (χ1) is 17.7. The van der Waals surface area contributed by atoms with Gasteiger partial charge in [0.05, 0.1) is 24.7 Å². The minimum atomic E-state index is -3.62. The molecule has 3 N–H and O–H groups in total. The van der Waals surface area contributed by atoms with Crippen molar-refractivity contribution in [3.05, 3.63) is 43.8 Å². The lowest BCUT2D eigenvalue weighted by atomic mass is 10.2. The Balaban J connectivity index is 1.79. The third-order valence-electron chi connectivity index (χ3n) is 5.89. The molecule has 1 aromatic heterocycles. The predicted molar refractivity (Wildman–Crippen MR) is 143 cm³/mol. The summed E-state index contributed by atoms with van der Waals surface area (Å²) >= 11 is 0.990. The van der Waals surface area contributed by atoms with E-state index in [1.165, 1.54) is 10.8 Å². The van der Waals surface area contributed by atoms with E-state index >= 15 is 0 Å². The first kappa shape index (κ1) is 28.4. The number of hydrogen-bond donors (Lipinski definition) is 3. The maximum Gasteiger partial charge on any atom is 0.351 e. The molecule has 0 bridgehead atoms. The fourth-order valence-corrected chi connectivity index (χ4v) is 6.20. The van der Waals surface area contributed by atoms with Crippen LogP contribution in [0.1, 0.15) is 26.7 Å². The van der Waals surface area contributed by atoms with E-state index in [0.29, 0.717) is 17.9 Å². The van der Waals surface area contributed by atoms with Gasteiger partial charge >= 0.3 is 5.97 Å². The Morgan fingerprint density at radius 2 is 2.11 bits per heavy atom. The van der Waals surface area contributed by atoms with Crippen molar-refractivity contribution in [1.82, 2.24) is 9.47 Å². The van der Waals surface area contributed by atoms with E-state index in [1.54, 1.807) is 38.1 Å². The number of aliphatic hydroxyl groups is 1. The van der Waals surface area contributed by atoms with Gasteiger partial charge < -0.3 is 15.2 Å². The minimum absolute atomic E-state index is 0.00690. The number of carbonyl (C=O) groups excluding carboxylic acids is 1. The Bertz CT molecular complexity index is 1440. The lowest BCUT2D eigenvalue weighted by Crippen LogP contribution is -2.36. The average Bonchev–Trinajstić information content (AvgIpc) is 3.45. The SMILES string of the molecule is CCOC(=O)/C(C#N)=c1\s/c(=C/Nc2cccc(NS(=O)(=O)CCN3CCC[C@H]3CO)c2)c(=O)n1CC. The fraction of sp³-hybridized carbons (Fsp3) is 0.458. The highest BCUT2D eigenvalue weighted by Crippen LogP contribution is 2.18. The van der Waals surface area contributed by atoms with Crippen LogP contribution in [0.3, 0.4) is 0 Å². The largest absolute Gasteiger partial charge is 0.462 e. The van der Waals surface area contributed by atoms with Gasteiger partial charge in [-0.25, -0.2) is 13.2 Å². The highest BCUT2D eigenvalue weighted by atomic mass is 32.2. The summed E-state index contributed by atoms with van der Waals surface area (Å²) in [6, 6.07) is 8.44. The molecule has 3 rings (SSSR count). The van der Waals surface area contributed by atoms with Crippen LogP contribution < -0.4 is 24.8 Å². The molecule has 2 aromatic rings. The van der Waals surface area contributed by atoms with E-state index in [-0.39, 0.29) is 51.9 Å². The molecular formula is C24H31N5O6S2. The van der Waals surface area contributed by atoms with Crippen LogP contribution in [0, 0.1) is 11.3 Å². The van der Waals surface area contributed by atoms with Gasteiger partial charge in [-0.1, -0.05) is 6.07 Å². The molecule has 0 radical (unpaired) electrons. The second-order valence-electron chi connectivity index (χ2n) is 8.33. The van der Waals surface area contributed by atoms with Gasteiger partial charge in [0.25, 0.3) is 5.56 Å². The smallest absolute Gasteiger partial charge is 0.351 e. The molecule has 2 heterocycles. The molecule has 1 atom stereocenters. The second-order valence-corrected chi connectivity index (χ2v) is 11.2. The molecule has 0 amide bonds. The molecule has 1 saturated heterocycles. The molecule has 11 nitrogen and oxygen atoms in total. The van der Waals surface area contributed by atoms with Crippen LogP contribution in [0.4, 0.5) is 11.4 Å². The molecule has 0 unspecified atom stereocenters. The summed E-state index contributed by atoms with van der Waals surface area (Å²) < 4.78 is 34.6. The van der Waals surface area contributed by atoms with E-state index < -0.39 is 16.0 Å². The van der Waals surface area contributed by atoms with Gasteiger partial charge in [-0.05, 0) is 51.4 Å². The summed E-state index contributed by atoms with van der Waals surface area (Å²) in [6.45, 7) is 4.86. The van der Waals surface area contributed by atoms with Crippen LogP contribution in [-0.2, 0) is 26.1 Å². The van der Waals surface area contributed by atoms with Crippen molar-refractivity contribution in [1.29, 1.82) is 5.26 Å². The van der Waals surface area contributed by atoms with Crippen LogP contribution >= 0.6 is 11.3 Å². The molecule has 1 aliphatic rings. The number of esters is 1. The number of thiazole rings is 1. The number of carbonyl (C=O) groups is 1. The van der Waals surface area contributed by atoms with Crippen LogP contribution in [0.5, 0.6) is 0 Å². The van der Waals surface area contributed by atoms with Crippen LogP contribution in [0.25, 0.3) is 11.8 Å². The molecule has 1 aliphatic heterocycles. The maximum atomic E-state index is 12.8. The van der Waals surface area contributed by atoms with Crippen molar-refractivity contribution < 1.29 is 23.1 Å². The van der Waals surface area contributed by atoms with Gasteiger partial charge in [-0.15, -0.1) is 11.3 Å². The number of nitriles is 1. The van der Waals surface area contributed by atoms with Crippen molar-refractivity contribution in [3.63, 3.8) is 0 Å².